The normalized spacial score (nSPS) is 25.8. The van der Waals surface area contributed by atoms with Crippen LogP contribution in [0.5, 0.6) is 11.5 Å². The Morgan fingerprint density at radius 1 is 1.42 bits per heavy atom. The van der Waals surface area contributed by atoms with E-state index in [9.17, 15) is 4.57 Å². The zero-order valence-corrected chi connectivity index (χ0v) is 6.82. The Hall–Kier alpha value is -1.19. The predicted molar refractivity (Wildman–Crippen MR) is 41.9 cm³/mol. The quantitative estimate of drug-likeness (QED) is 0.470. The highest BCUT2D eigenvalue weighted by Crippen LogP contribution is 2.57. The maximum absolute atomic E-state index is 10.9. The third-order valence-corrected chi connectivity index (χ3v) is 2.27. The van der Waals surface area contributed by atoms with Crippen molar-refractivity contribution in [1.29, 1.82) is 0 Å². The van der Waals surface area contributed by atoms with Gasteiger partial charge >= 0.3 is 7.82 Å². The molecule has 1 unspecified atom stereocenters. The van der Waals surface area contributed by atoms with Gasteiger partial charge in [-0.3, -0.25) is 4.89 Å². The van der Waals surface area contributed by atoms with Crippen LogP contribution in [0.4, 0.5) is 5.69 Å². The van der Waals surface area contributed by atoms with Crippen LogP contribution in [0, 0.1) is 0 Å². The zero-order valence-electron chi connectivity index (χ0n) is 5.93. The van der Waals surface area contributed by atoms with Gasteiger partial charge in [-0.05, 0) is 12.1 Å². The molecular weight excluding hydrogens is 181 g/mol. The average molecular weight is 187 g/mol. The molecule has 0 saturated heterocycles. The second-order valence-corrected chi connectivity index (χ2v) is 3.63. The minimum absolute atomic E-state index is 0.142. The van der Waals surface area contributed by atoms with Gasteiger partial charge in [0.05, 0.1) is 5.69 Å². The highest BCUT2D eigenvalue weighted by molar-refractivity contribution is 7.48. The lowest BCUT2D eigenvalue weighted by molar-refractivity contribution is 0.324. The van der Waals surface area contributed by atoms with Gasteiger partial charge in [0.25, 0.3) is 0 Å². The summed E-state index contributed by atoms with van der Waals surface area (Å²) in [5.74, 6) is 0.351. The Labute approximate surface area is 68.3 Å². The molecule has 64 valence electrons. The van der Waals surface area contributed by atoms with Crippen molar-refractivity contribution in [3.05, 3.63) is 18.2 Å². The molecule has 0 aliphatic carbocycles. The van der Waals surface area contributed by atoms with Crippen molar-refractivity contribution in [1.82, 2.24) is 0 Å². The number of nitrogen functional groups attached to an aromatic ring is 1. The summed E-state index contributed by atoms with van der Waals surface area (Å²) in [7, 11) is -3.93. The fourth-order valence-electron chi connectivity index (χ4n) is 0.961. The molecule has 1 atom stereocenters. The topological polar surface area (TPSA) is 81.8 Å². The molecule has 1 aromatic carbocycles. The molecule has 0 amide bonds. The maximum atomic E-state index is 10.9. The molecule has 1 aliphatic rings. The number of phosphoric acid groups is 1. The first-order valence-electron chi connectivity index (χ1n) is 3.19. The SMILES string of the molecule is Nc1cccc2c1OP(=O)(O)O2. The van der Waals surface area contributed by atoms with E-state index >= 15 is 0 Å². The number of nitrogens with two attached hydrogens (primary N) is 1. The van der Waals surface area contributed by atoms with Crippen LogP contribution in [0.25, 0.3) is 0 Å². The standard InChI is InChI=1S/C6H6NO4P/c7-4-2-1-3-5-6(4)11-12(8,9)10-5/h1-3H,7H2,(H,8,9). The van der Waals surface area contributed by atoms with Crippen molar-refractivity contribution >= 4 is 13.5 Å². The van der Waals surface area contributed by atoms with E-state index in [0.717, 1.165) is 0 Å². The number of hydrogen-bond acceptors (Lipinski definition) is 4. The third kappa shape index (κ3) is 1.03. The summed E-state index contributed by atoms with van der Waals surface area (Å²) >= 11 is 0. The van der Waals surface area contributed by atoms with E-state index in [2.05, 4.69) is 9.05 Å². The third-order valence-electron chi connectivity index (χ3n) is 1.43. The Morgan fingerprint density at radius 3 is 2.83 bits per heavy atom. The molecule has 0 spiro atoms. The number of phosphoric ester groups is 1. The van der Waals surface area contributed by atoms with Crippen LogP contribution in [-0.4, -0.2) is 4.89 Å². The highest BCUT2D eigenvalue weighted by atomic mass is 31.2. The molecule has 1 aromatic rings. The molecular formula is C6H6NO4P. The monoisotopic (exact) mass is 187 g/mol. The largest absolute Gasteiger partial charge is 0.585 e. The van der Waals surface area contributed by atoms with E-state index in [-0.39, 0.29) is 11.5 Å². The molecule has 0 saturated carbocycles. The lowest BCUT2D eigenvalue weighted by Crippen LogP contribution is -1.89. The van der Waals surface area contributed by atoms with Crippen molar-refractivity contribution < 1.29 is 18.5 Å². The van der Waals surface area contributed by atoms with Gasteiger partial charge in [0.15, 0.2) is 11.5 Å². The van der Waals surface area contributed by atoms with Crippen LogP contribution in [0.3, 0.4) is 0 Å². The Kier molecular flexibility index (Phi) is 1.34. The van der Waals surface area contributed by atoms with E-state index in [4.69, 9.17) is 10.6 Å². The van der Waals surface area contributed by atoms with E-state index in [1.165, 1.54) is 6.07 Å². The molecule has 2 rings (SSSR count). The minimum Gasteiger partial charge on any atom is -0.396 e. The Bertz CT molecular complexity index is 378. The summed E-state index contributed by atoms with van der Waals surface area (Å²) < 4.78 is 20.1. The smallest absolute Gasteiger partial charge is 0.396 e. The second kappa shape index (κ2) is 2.15. The molecule has 1 aliphatic heterocycles. The van der Waals surface area contributed by atoms with Crippen LogP contribution >= 0.6 is 7.82 Å². The minimum atomic E-state index is -3.93. The van der Waals surface area contributed by atoms with Crippen molar-refractivity contribution in [3.63, 3.8) is 0 Å². The number of hydrogen-bond donors (Lipinski definition) is 2. The molecule has 0 bridgehead atoms. The van der Waals surface area contributed by atoms with Crippen molar-refractivity contribution in [2.75, 3.05) is 5.73 Å². The fraction of sp³-hybridized carbons (Fsp3) is 0. The molecule has 5 nitrogen and oxygen atoms in total. The van der Waals surface area contributed by atoms with E-state index in [1.807, 2.05) is 0 Å². The summed E-state index contributed by atoms with van der Waals surface area (Å²) in [6.45, 7) is 0. The first-order chi connectivity index (χ1) is 5.58. The Balaban J connectivity index is 2.55. The summed E-state index contributed by atoms with van der Waals surface area (Å²) in [4.78, 5) is 8.90. The molecule has 1 heterocycles. The van der Waals surface area contributed by atoms with E-state index in [0.29, 0.717) is 5.69 Å². The second-order valence-electron chi connectivity index (χ2n) is 2.33. The molecule has 3 N–H and O–H groups in total. The fourth-order valence-corrected chi connectivity index (χ4v) is 1.82. The summed E-state index contributed by atoms with van der Waals surface area (Å²) in [5.41, 5.74) is 5.75. The van der Waals surface area contributed by atoms with Gasteiger partial charge < -0.3 is 14.8 Å². The summed E-state index contributed by atoms with van der Waals surface area (Å²) in [5, 5.41) is 0. The lowest BCUT2D eigenvalue weighted by atomic mass is 10.3. The number of benzene rings is 1. The summed E-state index contributed by atoms with van der Waals surface area (Å²) in [6, 6.07) is 4.69. The maximum Gasteiger partial charge on any atom is 0.585 e. The van der Waals surface area contributed by atoms with Crippen LogP contribution in [0.1, 0.15) is 0 Å². The molecule has 0 aromatic heterocycles. The van der Waals surface area contributed by atoms with Gasteiger partial charge in [-0.1, -0.05) is 6.07 Å². The van der Waals surface area contributed by atoms with Crippen molar-refractivity contribution in [2.45, 2.75) is 0 Å². The Morgan fingerprint density at radius 2 is 2.17 bits per heavy atom. The predicted octanol–water partition coefficient (Wildman–Crippen LogP) is 1.14. The van der Waals surface area contributed by atoms with Gasteiger partial charge in [-0.2, -0.15) is 0 Å². The number of fused-ring (bicyclic) bond motifs is 1. The van der Waals surface area contributed by atoms with Gasteiger partial charge in [0, 0.05) is 0 Å². The van der Waals surface area contributed by atoms with Gasteiger partial charge in [-0.15, -0.1) is 0 Å². The van der Waals surface area contributed by atoms with Gasteiger partial charge in [0.1, 0.15) is 0 Å². The van der Waals surface area contributed by atoms with Crippen LogP contribution in [0.15, 0.2) is 18.2 Å². The molecule has 12 heavy (non-hydrogen) atoms. The highest BCUT2D eigenvalue weighted by Gasteiger charge is 2.35. The molecule has 0 fully saturated rings. The number of rotatable bonds is 0. The average Bonchev–Trinajstić information content (AvgIpc) is 2.25. The van der Waals surface area contributed by atoms with Crippen molar-refractivity contribution in [2.24, 2.45) is 0 Å². The van der Waals surface area contributed by atoms with Crippen LogP contribution in [0.2, 0.25) is 0 Å². The van der Waals surface area contributed by atoms with E-state index in [1.54, 1.807) is 12.1 Å². The first-order valence-corrected chi connectivity index (χ1v) is 4.68. The first kappa shape index (κ1) is 7.46. The van der Waals surface area contributed by atoms with Gasteiger partial charge in [0.2, 0.25) is 0 Å². The molecule has 6 heteroatoms. The number of anilines is 1. The number of para-hydroxylation sites is 1. The van der Waals surface area contributed by atoms with Crippen LogP contribution in [-0.2, 0) is 4.57 Å². The lowest BCUT2D eigenvalue weighted by Gasteiger charge is -1.98. The summed E-state index contributed by atoms with van der Waals surface area (Å²) in [6.07, 6.45) is 0. The van der Waals surface area contributed by atoms with Crippen molar-refractivity contribution in [3.8, 4) is 11.5 Å². The molecule has 0 radical (unpaired) electrons. The van der Waals surface area contributed by atoms with E-state index < -0.39 is 7.82 Å². The van der Waals surface area contributed by atoms with Crippen LogP contribution < -0.4 is 14.8 Å². The zero-order chi connectivity index (χ0) is 8.77. The van der Waals surface area contributed by atoms with Gasteiger partial charge in [-0.25, -0.2) is 4.57 Å².